The van der Waals surface area contributed by atoms with Gasteiger partial charge in [-0.2, -0.15) is 0 Å². The quantitative estimate of drug-likeness (QED) is 0.566. The van der Waals surface area contributed by atoms with Crippen LogP contribution < -0.4 is 0 Å². The number of unbranched alkanes of at least 4 members (excludes halogenated alkanes) is 2. The predicted octanol–water partition coefficient (Wildman–Crippen LogP) is 3.28. The molecular formula is C11H24AlN. The molecule has 1 fully saturated rings. The van der Waals surface area contributed by atoms with Crippen molar-refractivity contribution < 1.29 is 0 Å². The monoisotopic (exact) mass is 197 g/mol. The van der Waals surface area contributed by atoms with Crippen LogP contribution in [-0.4, -0.2) is 31.3 Å². The molecule has 1 rings (SSSR count). The maximum absolute atomic E-state index is 2.86. The van der Waals surface area contributed by atoms with Gasteiger partial charge in [-0.3, -0.25) is 0 Å². The lowest BCUT2D eigenvalue weighted by atomic mass is 10.3. The minimum absolute atomic E-state index is 0.359. The first kappa shape index (κ1) is 11.6. The summed E-state index contributed by atoms with van der Waals surface area (Å²) in [6, 6.07) is 0. The Morgan fingerprint density at radius 1 is 1.15 bits per heavy atom. The standard InChI is InChI=1S/C8H18N.C3H6.Al/c1-3-5-7-9-8-6-4-2;1-3-2;/h3-8H2,1-2H3;3H,1H2,2H3;/q-1;;+1. The zero-order valence-corrected chi connectivity index (χ0v) is 10.7. The fourth-order valence-corrected chi connectivity index (χ4v) is 4.99. The van der Waals surface area contributed by atoms with Gasteiger partial charge in [0, 0.05) is 0 Å². The minimum atomic E-state index is -0.359. The molecule has 0 aromatic carbocycles. The van der Waals surface area contributed by atoms with Crippen LogP contribution in [0.25, 0.3) is 0 Å². The fraction of sp³-hybridized carbons (Fsp3) is 1.00. The van der Waals surface area contributed by atoms with Crippen LogP contribution in [0.3, 0.4) is 0 Å². The fourth-order valence-electron chi connectivity index (χ4n) is 1.98. The van der Waals surface area contributed by atoms with Crippen molar-refractivity contribution in [2.45, 2.75) is 56.5 Å². The van der Waals surface area contributed by atoms with Gasteiger partial charge in [0.15, 0.2) is 0 Å². The van der Waals surface area contributed by atoms with Gasteiger partial charge in [-0.25, -0.2) is 0 Å². The Kier molecular flexibility index (Phi) is 5.40. The Bertz CT molecular complexity index is 130. The largest absolute Gasteiger partial charge is 0.384 e. The second-order valence-electron chi connectivity index (χ2n) is 4.52. The Labute approximate surface area is 88.1 Å². The number of hydrogen-bond donors (Lipinski definition) is 0. The highest BCUT2D eigenvalue weighted by molar-refractivity contribution is 6.68. The van der Waals surface area contributed by atoms with Gasteiger partial charge < -0.3 is 3.88 Å². The molecular weight excluding hydrogens is 173 g/mol. The van der Waals surface area contributed by atoms with Crippen LogP contribution in [-0.2, 0) is 0 Å². The third-order valence-corrected chi connectivity index (χ3v) is 6.72. The molecule has 0 radical (unpaired) electrons. The SMILES string of the molecule is CCCC[N](CCCC)[Al]1[CH2][CH]1C. The molecule has 1 aliphatic heterocycles. The van der Waals surface area contributed by atoms with Crippen LogP contribution >= 0.6 is 0 Å². The van der Waals surface area contributed by atoms with Gasteiger partial charge in [0.2, 0.25) is 0 Å². The third kappa shape index (κ3) is 4.02. The van der Waals surface area contributed by atoms with Gasteiger partial charge in [0.1, 0.15) is 0 Å². The van der Waals surface area contributed by atoms with E-state index < -0.39 is 0 Å². The van der Waals surface area contributed by atoms with Crippen LogP contribution in [0.5, 0.6) is 0 Å². The summed E-state index contributed by atoms with van der Waals surface area (Å²) in [5.41, 5.74) is 0. The number of nitrogens with zero attached hydrogens (tertiary/aromatic N) is 1. The molecule has 1 nitrogen and oxygen atoms in total. The summed E-state index contributed by atoms with van der Waals surface area (Å²) >= 11 is -0.359. The first-order chi connectivity index (χ1) is 6.29. The molecule has 1 saturated heterocycles. The lowest BCUT2D eigenvalue weighted by Gasteiger charge is -2.21. The zero-order chi connectivity index (χ0) is 9.68. The molecule has 0 saturated carbocycles. The van der Waals surface area contributed by atoms with Gasteiger partial charge >= 0.3 is 14.4 Å². The average Bonchev–Trinajstić information content (AvgIpc) is 2.83. The topological polar surface area (TPSA) is 3.24 Å². The van der Waals surface area contributed by atoms with E-state index in [2.05, 4.69) is 24.7 Å². The van der Waals surface area contributed by atoms with Crippen molar-refractivity contribution in [1.29, 1.82) is 0 Å². The maximum Gasteiger partial charge on any atom is 0.373 e. The number of rotatable bonds is 7. The second-order valence-corrected chi connectivity index (χ2v) is 8.00. The summed E-state index contributed by atoms with van der Waals surface area (Å²) < 4.78 is 3.98. The summed E-state index contributed by atoms with van der Waals surface area (Å²) in [6.45, 7) is 9.85. The predicted molar refractivity (Wildman–Crippen MR) is 61.4 cm³/mol. The van der Waals surface area contributed by atoms with Gasteiger partial charge in [0.05, 0.1) is 0 Å². The summed E-state index contributed by atoms with van der Waals surface area (Å²) in [6.07, 6.45) is 5.55. The highest BCUT2D eigenvalue weighted by Crippen LogP contribution is 2.38. The molecule has 0 amide bonds. The van der Waals surface area contributed by atoms with E-state index >= 15 is 0 Å². The molecule has 76 valence electrons. The molecule has 0 spiro atoms. The van der Waals surface area contributed by atoms with E-state index in [4.69, 9.17) is 0 Å². The lowest BCUT2D eigenvalue weighted by Crippen LogP contribution is -2.32. The lowest BCUT2D eigenvalue weighted by molar-refractivity contribution is 0.417. The zero-order valence-electron chi connectivity index (χ0n) is 9.55. The van der Waals surface area contributed by atoms with Gasteiger partial charge in [-0.1, -0.05) is 43.7 Å². The molecule has 1 aliphatic rings. The van der Waals surface area contributed by atoms with Crippen molar-refractivity contribution in [2.24, 2.45) is 0 Å². The molecule has 13 heavy (non-hydrogen) atoms. The van der Waals surface area contributed by atoms with Gasteiger partial charge in [-0.05, 0) is 25.9 Å². The Hall–Kier alpha value is 0.492. The summed E-state index contributed by atoms with van der Waals surface area (Å²) in [4.78, 5) is 0. The summed E-state index contributed by atoms with van der Waals surface area (Å²) in [5.74, 6) is 0. The smallest absolute Gasteiger partial charge is 0.373 e. The molecule has 1 atom stereocenters. The van der Waals surface area contributed by atoms with Crippen LogP contribution in [0.15, 0.2) is 0 Å². The van der Waals surface area contributed by atoms with E-state index in [0.29, 0.717) is 0 Å². The third-order valence-electron chi connectivity index (χ3n) is 3.13. The number of hydrogen-bond acceptors (Lipinski definition) is 1. The van der Waals surface area contributed by atoms with E-state index in [1.165, 1.54) is 38.8 Å². The molecule has 0 aromatic heterocycles. The van der Waals surface area contributed by atoms with Crippen molar-refractivity contribution in [2.75, 3.05) is 13.1 Å². The summed E-state index contributed by atoms with van der Waals surface area (Å²) in [7, 11) is 0. The minimum Gasteiger partial charge on any atom is -0.384 e. The molecule has 2 heteroatoms. The first-order valence-electron chi connectivity index (χ1n) is 6.03. The summed E-state index contributed by atoms with van der Waals surface area (Å²) in [5, 5.41) is 1.59. The molecule has 0 bridgehead atoms. The van der Waals surface area contributed by atoms with Crippen molar-refractivity contribution in [1.82, 2.24) is 3.88 Å². The van der Waals surface area contributed by atoms with Crippen LogP contribution in [0.2, 0.25) is 10.1 Å². The highest BCUT2D eigenvalue weighted by atomic mass is 27.2. The Morgan fingerprint density at radius 2 is 1.62 bits per heavy atom. The van der Waals surface area contributed by atoms with Crippen molar-refractivity contribution in [3.05, 3.63) is 0 Å². The van der Waals surface area contributed by atoms with Crippen LogP contribution in [0.1, 0.15) is 46.5 Å². The molecule has 1 heterocycles. The Morgan fingerprint density at radius 3 is 1.92 bits per heavy atom. The van der Waals surface area contributed by atoms with Crippen molar-refractivity contribution in [3.8, 4) is 0 Å². The van der Waals surface area contributed by atoms with Gasteiger partial charge in [0.25, 0.3) is 0 Å². The molecule has 0 aliphatic carbocycles. The van der Waals surface area contributed by atoms with E-state index in [9.17, 15) is 0 Å². The molecule has 0 aromatic rings. The van der Waals surface area contributed by atoms with Crippen LogP contribution in [0.4, 0.5) is 0 Å². The van der Waals surface area contributed by atoms with E-state index in [-0.39, 0.29) is 14.4 Å². The van der Waals surface area contributed by atoms with Crippen molar-refractivity contribution in [3.63, 3.8) is 0 Å². The maximum atomic E-state index is 2.86. The van der Waals surface area contributed by atoms with E-state index in [1.807, 2.05) is 0 Å². The molecule has 1 unspecified atom stereocenters. The normalized spacial score (nSPS) is 21.2. The van der Waals surface area contributed by atoms with Gasteiger partial charge in [-0.15, -0.1) is 0 Å². The molecule has 0 N–H and O–H groups in total. The van der Waals surface area contributed by atoms with Crippen LogP contribution in [0, 0.1) is 0 Å². The van der Waals surface area contributed by atoms with E-state index in [1.54, 1.807) is 5.28 Å². The first-order valence-corrected chi connectivity index (χ1v) is 8.03. The van der Waals surface area contributed by atoms with Crippen molar-refractivity contribution >= 4 is 14.4 Å². The highest BCUT2D eigenvalue weighted by Gasteiger charge is 2.45. The second kappa shape index (κ2) is 6.07. The van der Waals surface area contributed by atoms with E-state index in [0.717, 1.165) is 4.78 Å². The Balaban J connectivity index is 2.18. The average molecular weight is 197 g/mol.